The maximum absolute atomic E-state index is 12.8. The van der Waals surface area contributed by atoms with Crippen LogP contribution in [0.1, 0.15) is 35.8 Å². The molecule has 2 aromatic carbocycles. The molecule has 2 atom stereocenters. The third kappa shape index (κ3) is 5.93. The Kier molecular flexibility index (Phi) is 7.55. The Hall–Kier alpha value is -2.66. The third-order valence-corrected chi connectivity index (χ3v) is 4.55. The number of hydrogen-bond acceptors (Lipinski definition) is 3. The molecule has 0 aliphatic heterocycles. The van der Waals surface area contributed by atoms with Gasteiger partial charge in [0.2, 0.25) is 5.91 Å². The van der Waals surface area contributed by atoms with Gasteiger partial charge in [-0.3, -0.25) is 9.59 Å². The normalized spacial score (nSPS) is 13.3. The summed E-state index contributed by atoms with van der Waals surface area (Å²) >= 11 is 0. The Morgan fingerprint density at radius 3 is 2.00 bits per heavy atom. The quantitative estimate of drug-likeness (QED) is 0.754. The zero-order chi connectivity index (χ0) is 19.8. The average Bonchev–Trinajstić information content (AvgIpc) is 2.67. The minimum Gasteiger partial charge on any atom is -0.352 e. The fourth-order valence-corrected chi connectivity index (χ4v) is 2.93. The van der Waals surface area contributed by atoms with Crippen LogP contribution < -0.4 is 10.6 Å². The lowest BCUT2D eigenvalue weighted by molar-refractivity contribution is -0.124. The summed E-state index contributed by atoms with van der Waals surface area (Å²) in [5.41, 5.74) is 1.68. The van der Waals surface area contributed by atoms with Crippen molar-refractivity contribution in [3.63, 3.8) is 0 Å². The van der Waals surface area contributed by atoms with E-state index in [9.17, 15) is 9.59 Å². The van der Waals surface area contributed by atoms with Crippen LogP contribution in [-0.2, 0) is 4.79 Å². The van der Waals surface area contributed by atoms with E-state index in [2.05, 4.69) is 15.5 Å². The van der Waals surface area contributed by atoms with Gasteiger partial charge in [-0.15, -0.1) is 0 Å². The van der Waals surface area contributed by atoms with E-state index in [1.807, 2.05) is 64.3 Å². The third-order valence-electron chi connectivity index (χ3n) is 4.55. The molecule has 0 spiro atoms. The van der Waals surface area contributed by atoms with Gasteiger partial charge in [0.15, 0.2) is 0 Å². The van der Waals surface area contributed by atoms with Gasteiger partial charge in [-0.1, -0.05) is 62.4 Å². The van der Waals surface area contributed by atoms with Crippen molar-refractivity contribution in [2.75, 3.05) is 20.6 Å². The maximum atomic E-state index is 12.8. The Morgan fingerprint density at radius 2 is 1.48 bits per heavy atom. The van der Waals surface area contributed by atoms with Crippen molar-refractivity contribution in [1.82, 2.24) is 15.5 Å². The maximum Gasteiger partial charge on any atom is 0.251 e. The molecule has 0 aliphatic carbocycles. The van der Waals surface area contributed by atoms with E-state index >= 15 is 0 Å². The van der Waals surface area contributed by atoms with Crippen molar-refractivity contribution in [3.05, 3.63) is 71.8 Å². The molecule has 0 heterocycles. The minimum absolute atomic E-state index is 0.0211. The van der Waals surface area contributed by atoms with Gasteiger partial charge in [0.25, 0.3) is 5.91 Å². The molecule has 0 radical (unpaired) electrons. The zero-order valence-electron chi connectivity index (χ0n) is 16.5. The highest BCUT2D eigenvalue weighted by Crippen LogP contribution is 2.17. The molecule has 0 fully saturated rings. The lowest BCUT2D eigenvalue weighted by Gasteiger charge is -2.27. The van der Waals surface area contributed by atoms with Gasteiger partial charge >= 0.3 is 0 Å². The number of carbonyl (C=O) groups is 2. The fraction of sp³-hybridized carbons (Fsp3) is 0.364. The van der Waals surface area contributed by atoms with E-state index in [1.54, 1.807) is 24.3 Å². The molecule has 0 aliphatic rings. The molecule has 27 heavy (non-hydrogen) atoms. The van der Waals surface area contributed by atoms with Gasteiger partial charge in [0.05, 0.1) is 6.04 Å². The van der Waals surface area contributed by atoms with Crippen LogP contribution in [0.25, 0.3) is 0 Å². The summed E-state index contributed by atoms with van der Waals surface area (Å²) in [6.07, 6.45) is 0. The second-order valence-electron chi connectivity index (χ2n) is 7.20. The molecule has 144 valence electrons. The van der Waals surface area contributed by atoms with Crippen LogP contribution in [0.3, 0.4) is 0 Å². The van der Waals surface area contributed by atoms with Crippen molar-refractivity contribution in [2.24, 2.45) is 5.92 Å². The van der Waals surface area contributed by atoms with E-state index in [4.69, 9.17) is 0 Å². The Balaban J connectivity index is 2.03. The molecule has 0 saturated carbocycles. The number of amides is 2. The topological polar surface area (TPSA) is 61.4 Å². The van der Waals surface area contributed by atoms with Crippen LogP contribution in [-0.4, -0.2) is 43.4 Å². The van der Waals surface area contributed by atoms with Crippen LogP contribution in [0.2, 0.25) is 0 Å². The largest absolute Gasteiger partial charge is 0.352 e. The number of benzene rings is 2. The first-order valence-corrected chi connectivity index (χ1v) is 9.25. The van der Waals surface area contributed by atoms with Crippen molar-refractivity contribution in [2.45, 2.75) is 25.9 Å². The molecule has 2 rings (SSSR count). The predicted molar refractivity (Wildman–Crippen MR) is 108 cm³/mol. The number of hydrogen-bond donors (Lipinski definition) is 2. The summed E-state index contributed by atoms with van der Waals surface area (Å²) in [5, 5.41) is 5.87. The monoisotopic (exact) mass is 367 g/mol. The summed E-state index contributed by atoms with van der Waals surface area (Å²) < 4.78 is 0. The lowest BCUT2D eigenvalue weighted by Crippen LogP contribution is -2.51. The average molecular weight is 367 g/mol. The highest BCUT2D eigenvalue weighted by atomic mass is 16.2. The van der Waals surface area contributed by atoms with Gasteiger partial charge in [-0.2, -0.15) is 0 Å². The summed E-state index contributed by atoms with van der Waals surface area (Å²) in [5.74, 6) is -0.430. The molecule has 2 N–H and O–H groups in total. The standard InChI is InChI=1S/C22H29N3O2/c1-16(2)20(24-21(26)18-13-9-6-10-14-18)22(27)23-15-19(25(3)4)17-11-7-5-8-12-17/h5-14,16,19-20H,15H2,1-4H3,(H,23,27)(H,24,26)/t19-,20-/m1/s1. The van der Waals surface area contributed by atoms with Gasteiger partial charge in [0.1, 0.15) is 6.04 Å². The van der Waals surface area contributed by atoms with Gasteiger partial charge in [-0.25, -0.2) is 0 Å². The highest BCUT2D eigenvalue weighted by molar-refractivity contribution is 5.97. The van der Waals surface area contributed by atoms with E-state index < -0.39 is 6.04 Å². The molecule has 5 nitrogen and oxygen atoms in total. The number of rotatable bonds is 8. The molecule has 0 unspecified atom stereocenters. The zero-order valence-corrected chi connectivity index (χ0v) is 16.5. The van der Waals surface area contributed by atoms with Crippen molar-refractivity contribution < 1.29 is 9.59 Å². The first kappa shape index (κ1) is 20.6. The molecule has 0 bridgehead atoms. The van der Waals surface area contributed by atoms with Gasteiger partial charge < -0.3 is 15.5 Å². The summed E-state index contributed by atoms with van der Waals surface area (Å²) in [6.45, 7) is 4.33. The van der Waals surface area contributed by atoms with Crippen LogP contribution in [0.5, 0.6) is 0 Å². The molecule has 2 amide bonds. The number of carbonyl (C=O) groups excluding carboxylic acids is 2. The highest BCUT2D eigenvalue weighted by Gasteiger charge is 2.25. The molecule has 0 aromatic heterocycles. The first-order chi connectivity index (χ1) is 12.9. The van der Waals surface area contributed by atoms with Gasteiger partial charge in [-0.05, 0) is 37.7 Å². The van der Waals surface area contributed by atoms with Crippen LogP contribution >= 0.6 is 0 Å². The van der Waals surface area contributed by atoms with Gasteiger partial charge in [0, 0.05) is 12.1 Å². The number of nitrogens with zero attached hydrogens (tertiary/aromatic N) is 1. The molecule has 2 aromatic rings. The Bertz CT molecular complexity index is 730. The second-order valence-corrected chi connectivity index (χ2v) is 7.20. The Morgan fingerprint density at radius 1 is 0.926 bits per heavy atom. The van der Waals surface area contributed by atoms with Crippen molar-refractivity contribution in [1.29, 1.82) is 0 Å². The molecule has 5 heteroatoms. The Labute approximate surface area is 161 Å². The second kappa shape index (κ2) is 9.88. The van der Waals surface area contributed by atoms with E-state index in [0.717, 1.165) is 5.56 Å². The predicted octanol–water partition coefficient (Wildman–Crippen LogP) is 2.86. The number of nitrogens with one attached hydrogen (secondary N) is 2. The molecule has 0 saturated heterocycles. The van der Waals surface area contributed by atoms with Crippen LogP contribution in [0.15, 0.2) is 60.7 Å². The minimum atomic E-state index is -0.587. The van der Waals surface area contributed by atoms with E-state index in [-0.39, 0.29) is 23.8 Å². The number of likely N-dealkylation sites (N-methyl/N-ethyl adjacent to an activating group) is 1. The SMILES string of the molecule is CC(C)[C@@H](NC(=O)c1ccccc1)C(=O)NC[C@H](c1ccccc1)N(C)C. The first-order valence-electron chi connectivity index (χ1n) is 9.25. The smallest absolute Gasteiger partial charge is 0.251 e. The summed E-state index contributed by atoms with van der Waals surface area (Å²) in [4.78, 5) is 27.3. The molecular weight excluding hydrogens is 338 g/mol. The fourth-order valence-electron chi connectivity index (χ4n) is 2.93. The molecular formula is C22H29N3O2. The lowest BCUT2D eigenvalue weighted by atomic mass is 10.0. The van der Waals surface area contributed by atoms with Crippen LogP contribution in [0.4, 0.5) is 0 Å². The summed E-state index contributed by atoms with van der Waals surface area (Å²) in [7, 11) is 3.97. The van der Waals surface area contributed by atoms with E-state index in [1.165, 1.54) is 0 Å². The summed E-state index contributed by atoms with van der Waals surface area (Å²) in [6, 6.07) is 18.5. The van der Waals surface area contributed by atoms with Crippen molar-refractivity contribution >= 4 is 11.8 Å². The van der Waals surface area contributed by atoms with E-state index in [0.29, 0.717) is 12.1 Å². The van der Waals surface area contributed by atoms with Crippen LogP contribution in [0, 0.1) is 5.92 Å². The van der Waals surface area contributed by atoms with Crippen molar-refractivity contribution in [3.8, 4) is 0 Å².